The van der Waals surface area contributed by atoms with E-state index in [9.17, 15) is 9.50 Å². The van der Waals surface area contributed by atoms with Crippen LogP contribution in [0.3, 0.4) is 0 Å². The summed E-state index contributed by atoms with van der Waals surface area (Å²) in [5, 5.41) is 9.80. The first-order chi connectivity index (χ1) is 9.63. The number of hydrogen-bond acceptors (Lipinski definition) is 3. The molecule has 0 aliphatic carbocycles. The SMILES string of the molecule is COc1cc(Cl)cc(CO)c1OCc1cccc(F)c1. The lowest BCUT2D eigenvalue weighted by Crippen LogP contribution is -2.01. The van der Waals surface area contributed by atoms with Crippen molar-refractivity contribution in [3.8, 4) is 11.5 Å². The molecule has 0 amide bonds. The van der Waals surface area contributed by atoms with Crippen molar-refractivity contribution in [2.45, 2.75) is 13.2 Å². The molecule has 0 saturated carbocycles. The molecule has 1 N–H and O–H groups in total. The fourth-order valence-corrected chi connectivity index (χ4v) is 2.07. The second kappa shape index (κ2) is 6.59. The van der Waals surface area contributed by atoms with E-state index in [-0.39, 0.29) is 19.0 Å². The average Bonchev–Trinajstić information content (AvgIpc) is 2.45. The lowest BCUT2D eigenvalue weighted by molar-refractivity contribution is 0.249. The van der Waals surface area contributed by atoms with E-state index in [0.717, 1.165) is 0 Å². The average molecular weight is 297 g/mol. The highest BCUT2D eigenvalue weighted by Gasteiger charge is 2.12. The van der Waals surface area contributed by atoms with E-state index in [1.54, 1.807) is 24.3 Å². The predicted octanol–water partition coefficient (Wildman–Crippen LogP) is 3.56. The Morgan fingerprint density at radius 2 is 2.05 bits per heavy atom. The Kier molecular flexibility index (Phi) is 4.82. The molecule has 2 aromatic rings. The van der Waals surface area contributed by atoms with Gasteiger partial charge in [-0.05, 0) is 23.8 Å². The number of ether oxygens (including phenoxy) is 2. The van der Waals surface area contributed by atoms with Crippen molar-refractivity contribution in [1.82, 2.24) is 0 Å². The van der Waals surface area contributed by atoms with Crippen LogP contribution in [0.2, 0.25) is 5.02 Å². The number of benzene rings is 2. The third-order valence-electron chi connectivity index (χ3n) is 2.76. The van der Waals surface area contributed by atoms with Crippen LogP contribution in [0.25, 0.3) is 0 Å². The molecular formula is C15H14ClFO3. The van der Waals surface area contributed by atoms with E-state index in [4.69, 9.17) is 21.1 Å². The summed E-state index contributed by atoms with van der Waals surface area (Å²) in [6, 6.07) is 9.32. The third-order valence-corrected chi connectivity index (χ3v) is 2.98. The standard InChI is InChI=1S/C15H14ClFO3/c1-19-14-7-12(16)6-11(8-18)15(14)20-9-10-3-2-4-13(17)5-10/h2-7,18H,8-9H2,1H3. The number of rotatable bonds is 5. The Labute approximate surface area is 121 Å². The van der Waals surface area contributed by atoms with E-state index in [0.29, 0.717) is 27.6 Å². The largest absolute Gasteiger partial charge is 0.493 e. The normalized spacial score (nSPS) is 10.4. The highest BCUT2D eigenvalue weighted by atomic mass is 35.5. The summed E-state index contributed by atoms with van der Waals surface area (Å²) in [6.45, 7) is -0.0574. The van der Waals surface area contributed by atoms with E-state index < -0.39 is 0 Å². The Morgan fingerprint density at radius 1 is 1.25 bits per heavy atom. The molecule has 0 aliphatic rings. The minimum Gasteiger partial charge on any atom is -0.493 e. The molecule has 0 radical (unpaired) electrons. The van der Waals surface area contributed by atoms with Crippen LogP contribution in [-0.4, -0.2) is 12.2 Å². The van der Waals surface area contributed by atoms with Crippen molar-refractivity contribution >= 4 is 11.6 Å². The minimum absolute atomic E-state index is 0.169. The van der Waals surface area contributed by atoms with Crippen molar-refractivity contribution in [3.63, 3.8) is 0 Å². The molecule has 0 aliphatic heterocycles. The smallest absolute Gasteiger partial charge is 0.167 e. The second-order valence-corrected chi connectivity index (χ2v) is 4.61. The van der Waals surface area contributed by atoms with Crippen molar-refractivity contribution in [3.05, 3.63) is 58.4 Å². The summed E-state index contributed by atoms with van der Waals surface area (Å²) in [7, 11) is 1.49. The van der Waals surface area contributed by atoms with E-state index in [2.05, 4.69) is 0 Å². The monoisotopic (exact) mass is 296 g/mol. The quantitative estimate of drug-likeness (QED) is 0.917. The molecule has 2 aromatic carbocycles. The molecule has 3 nitrogen and oxygen atoms in total. The third kappa shape index (κ3) is 3.40. The van der Waals surface area contributed by atoms with Crippen molar-refractivity contribution in [2.24, 2.45) is 0 Å². The van der Waals surface area contributed by atoms with Gasteiger partial charge in [0.05, 0.1) is 13.7 Å². The molecule has 20 heavy (non-hydrogen) atoms. The van der Waals surface area contributed by atoms with Gasteiger partial charge in [-0.1, -0.05) is 23.7 Å². The fourth-order valence-electron chi connectivity index (χ4n) is 1.84. The van der Waals surface area contributed by atoms with Crippen LogP contribution in [0, 0.1) is 5.82 Å². The molecule has 5 heteroatoms. The minimum atomic E-state index is -0.323. The number of methoxy groups -OCH3 is 1. The molecule has 0 aromatic heterocycles. The Bertz CT molecular complexity index is 576. The van der Waals surface area contributed by atoms with Crippen LogP contribution in [0.4, 0.5) is 4.39 Å². The second-order valence-electron chi connectivity index (χ2n) is 4.17. The maximum absolute atomic E-state index is 13.1. The zero-order chi connectivity index (χ0) is 14.5. The molecule has 0 spiro atoms. The molecule has 0 unspecified atom stereocenters. The lowest BCUT2D eigenvalue weighted by atomic mass is 10.2. The molecule has 0 saturated heterocycles. The van der Waals surface area contributed by atoms with E-state index >= 15 is 0 Å². The van der Waals surface area contributed by atoms with Crippen LogP contribution in [0.5, 0.6) is 11.5 Å². The van der Waals surface area contributed by atoms with Crippen LogP contribution in [0.15, 0.2) is 36.4 Å². The van der Waals surface area contributed by atoms with Crippen LogP contribution in [0.1, 0.15) is 11.1 Å². The Morgan fingerprint density at radius 3 is 2.70 bits per heavy atom. The summed E-state index contributed by atoms with van der Waals surface area (Å²) < 4.78 is 23.9. The van der Waals surface area contributed by atoms with E-state index in [1.165, 1.54) is 19.2 Å². The fraction of sp³-hybridized carbons (Fsp3) is 0.200. The van der Waals surface area contributed by atoms with Crippen LogP contribution in [-0.2, 0) is 13.2 Å². The summed E-state index contributed by atoms with van der Waals surface area (Å²) in [5.41, 5.74) is 1.21. The van der Waals surface area contributed by atoms with Crippen molar-refractivity contribution in [1.29, 1.82) is 0 Å². The summed E-state index contributed by atoms with van der Waals surface area (Å²) in [5.74, 6) is 0.512. The van der Waals surface area contributed by atoms with Gasteiger partial charge in [-0.25, -0.2) is 4.39 Å². The van der Waals surface area contributed by atoms with Gasteiger partial charge in [0.15, 0.2) is 11.5 Å². The summed E-state index contributed by atoms with van der Waals surface area (Å²) >= 11 is 5.92. The van der Waals surface area contributed by atoms with Gasteiger partial charge in [-0.15, -0.1) is 0 Å². The van der Waals surface area contributed by atoms with Gasteiger partial charge in [0.1, 0.15) is 12.4 Å². The number of aliphatic hydroxyl groups excluding tert-OH is 1. The zero-order valence-corrected chi connectivity index (χ0v) is 11.7. The molecule has 0 heterocycles. The van der Waals surface area contributed by atoms with Crippen molar-refractivity contribution in [2.75, 3.05) is 7.11 Å². The first-order valence-electron chi connectivity index (χ1n) is 5.98. The van der Waals surface area contributed by atoms with Gasteiger partial charge in [0.25, 0.3) is 0 Å². The highest BCUT2D eigenvalue weighted by Crippen LogP contribution is 2.35. The van der Waals surface area contributed by atoms with Crippen molar-refractivity contribution < 1.29 is 19.0 Å². The first-order valence-corrected chi connectivity index (χ1v) is 6.36. The number of hydrogen-bond donors (Lipinski definition) is 1. The molecule has 0 bridgehead atoms. The summed E-state index contributed by atoms with van der Waals surface area (Å²) in [6.07, 6.45) is 0. The predicted molar refractivity (Wildman–Crippen MR) is 74.7 cm³/mol. The van der Waals surface area contributed by atoms with Gasteiger partial charge in [0.2, 0.25) is 0 Å². The molecule has 106 valence electrons. The van der Waals surface area contributed by atoms with Crippen LogP contribution >= 0.6 is 11.6 Å². The van der Waals surface area contributed by atoms with Gasteiger partial charge >= 0.3 is 0 Å². The molecule has 0 atom stereocenters. The first kappa shape index (κ1) is 14.6. The topological polar surface area (TPSA) is 38.7 Å². The van der Waals surface area contributed by atoms with Gasteiger partial charge in [-0.2, -0.15) is 0 Å². The van der Waals surface area contributed by atoms with E-state index in [1.807, 2.05) is 0 Å². The number of aliphatic hydroxyl groups is 1. The maximum atomic E-state index is 13.1. The Balaban J connectivity index is 2.24. The van der Waals surface area contributed by atoms with Gasteiger partial charge in [0, 0.05) is 16.7 Å². The van der Waals surface area contributed by atoms with Crippen LogP contribution < -0.4 is 9.47 Å². The highest BCUT2D eigenvalue weighted by molar-refractivity contribution is 6.30. The molecular weight excluding hydrogens is 283 g/mol. The Hall–Kier alpha value is -1.78. The lowest BCUT2D eigenvalue weighted by Gasteiger charge is -2.14. The summed E-state index contributed by atoms with van der Waals surface area (Å²) in [4.78, 5) is 0. The maximum Gasteiger partial charge on any atom is 0.167 e. The zero-order valence-electron chi connectivity index (χ0n) is 10.9. The number of halogens is 2. The van der Waals surface area contributed by atoms with Gasteiger partial charge < -0.3 is 14.6 Å². The molecule has 0 fully saturated rings. The molecule has 2 rings (SSSR count). The van der Waals surface area contributed by atoms with Gasteiger partial charge in [-0.3, -0.25) is 0 Å².